The number of amides is 2. The molecule has 0 bridgehead atoms. The second kappa shape index (κ2) is 9.26. The van der Waals surface area contributed by atoms with Gasteiger partial charge in [-0.25, -0.2) is 0 Å². The lowest BCUT2D eigenvalue weighted by Crippen LogP contribution is -2.63. The molecule has 5 rings (SSSR count). The predicted molar refractivity (Wildman–Crippen MR) is 132 cm³/mol. The number of H-pyrrole nitrogens is 1. The molecule has 0 spiro atoms. The molecule has 1 saturated heterocycles. The summed E-state index contributed by atoms with van der Waals surface area (Å²) in [5.41, 5.74) is 3.86. The van der Waals surface area contributed by atoms with Gasteiger partial charge in [0, 0.05) is 36.7 Å². The van der Waals surface area contributed by atoms with E-state index in [0.29, 0.717) is 31.1 Å². The maximum Gasteiger partial charge on any atom is 0.246 e. The Kier molecular flexibility index (Phi) is 6.15. The Hall–Kier alpha value is -3.52. The van der Waals surface area contributed by atoms with Gasteiger partial charge in [-0.15, -0.1) is 0 Å². The molecule has 35 heavy (non-hydrogen) atoms. The van der Waals surface area contributed by atoms with Crippen molar-refractivity contribution in [2.24, 2.45) is 0 Å². The topological polar surface area (TPSA) is 84.1 Å². The number of benzene rings is 2. The van der Waals surface area contributed by atoms with Crippen LogP contribution >= 0.6 is 0 Å². The van der Waals surface area contributed by atoms with Gasteiger partial charge in [0.2, 0.25) is 11.8 Å². The van der Waals surface area contributed by atoms with Gasteiger partial charge in [0.1, 0.15) is 6.04 Å². The maximum absolute atomic E-state index is 13.6. The van der Waals surface area contributed by atoms with Gasteiger partial charge in [-0.3, -0.25) is 9.59 Å². The number of ether oxygens (including phenoxy) is 3. The van der Waals surface area contributed by atoms with E-state index in [2.05, 4.69) is 11.1 Å². The van der Waals surface area contributed by atoms with E-state index in [0.717, 1.165) is 27.7 Å². The fraction of sp³-hybridized carbons (Fsp3) is 0.407. The summed E-state index contributed by atoms with van der Waals surface area (Å²) in [5, 5.41) is 1.08. The number of aromatic amines is 1. The van der Waals surface area contributed by atoms with E-state index >= 15 is 0 Å². The second-order valence-corrected chi connectivity index (χ2v) is 9.32. The average Bonchev–Trinajstić information content (AvgIpc) is 3.22. The molecule has 184 valence electrons. The summed E-state index contributed by atoms with van der Waals surface area (Å²) in [6.07, 6.45) is 0.462. The highest BCUT2D eigenvalue weighted by Gasteiger charge is 2.48. The molecule has 1 aromatic heterocycles. The minimum atomic E-state index is -0.581. The molecule has 2 unspecified atom stereocenters. The first-order chi connectivity index (χ1) is 16.9. The van der Waals surface area contributed by atoms with Crippen LogP contribution in [0.25, 0.3) is 10.9 Å². The van der Waals surface area contributed by atoms with Crippen LogP contribution in [0, 0.1) is 0 Å². The largest absolute Gasteiger partial charge is 0.493 e. The van der Waals surface area contributed by atoms with Crippen LogP contribution < -0.4 is 9.47 Å². The van der Waals surface area contributed by atoms with Crippen molar-refractivity contribution in [2.75, 3.05) is 33.9 Å². The summed E-state index contributed by atoms with van der Waals surface area (Å²) < 4.78 is 16.7. The third-order valence-corrected chi connectivity index (χ3v) is 6.77. The molecule has 2 aliphatic rings. The fourth-order valence-corrected chi connectivity index (χ4v) is 5.27. The zero-order valence-corrected chi connectivity index (χ0v) is 20.5. The van der Waals surface area contributed by atoms with Crippen molar-refractivity contribution in [3.8, 4) is 11.5 Å². The number of carbonyl (C=O) groups is 2. The van der Waals surface area contributed by atoms with E-state index in [-0.39, 0.29) is 24.5 Å². The summed E-state index contributed by atoms with van der Waals surface area (Å²) >= 11 is 0. The minimum Gasteiger partial charge on any atom is -0.493 e. The molecule has 8 nitrogen and oxygen atoms in total. The zero-order valence-electron chi connectivity index (χ0n) is 20.5. The van der Waals surface area contributed by atoms with E-state index in [9.17, 15) is 9.59 Å². The Balaban J connectivity index is 1.65. The van der Waals surface area contributed by atoms with Crippen LogP contribution in [-0.4, -0.2) is 72.7 Å². The zero-order chi connectivity index (χ0) is 24.7. The lowest BCUT2D eigenvalue weighted by Gasteiger charge is -2.47. The fourth-order valence-electron chi connectivity index (χ4n) is 5.27. The van der Waals surface area contributed by atoms with Crippen molar-refractivity contribution in [1.29, 1.82) is 0 Å². The molecule has 0 radical (unpaired) electrons. The number of piperazine rings is 1. The highest BCUT2D eigenvalue weighted by molar-refractivity contribution is 5.97. The Bertz CT molecular complexity index is 1270. The molecule has 2 aliphatic heterocycles. The Morgan fingerprint density at radius 2 is 1.89 bits per heavy atom. The van der Waals surface area contributed by atoms with Crippen molar-refractivity contribution in [3.63, 3.8) is 0 Å². The van der Waals surface area contributed by atoms with Crippen LogP contribution in [-0.2, 0) is 20.7 Å². The van der Waals surface area contributed by atoms with E-state index in [4.69, 9.17) is 14.2 Å². The molecule has 2 amide bonds. The van der Waals surface area contributed by atoms with E-state index < -0.39 is 12.1 Å². The summed E-state index contributed by atoms with van der Waals surface area (Å²) in [6.45, 7) is 4.75. The Labute approximate surface area is 204 Å². The number of nitrogens with zero attached hydrogens (tertiary/aromatic N) is 2. The highest BCUT2D eigenvalue weighted by atomic mass is 16.5. The summed E-state index contributed by atoms with van der Waals surface area (Å²) in [5.74, 6) is 1.10. The number of aromatic nitrogens is 1. The van der Waals surface area contributed by atoms with Crippen molar-refractivity contribution < 1.29 is 23.8 Å². The highest BCUT2D eigenvalue weighted by Crippen LogP contribution is 2.44. The average molecular weight is 478 g/mol. The van der Waals surface area contributed by atoms with Crippen molar-refractivity contribution >= 4 is 22.7 Å². The summed E-state index contributed by atoms with van der Waals surface area (Å²) in [6, 6.07) is 12.8. The third-order valence-electron chi connectivity index (χ3n) is 6.77. The number of hydrogen-bond acceptors (Lipinski definition) is 5. The SMILES string of the molecule is COCCN1CC(=O)N2C(Cc3c([nH]c4ccccc34)C2c2ccc(OC(C)C)c(OC)c2)C1=O. The van der Waals surface area contributed by atoms with Crippen LogP contribution in [0.2, 0.25) is 0 Å². The van der Waals surface area contributed by atoms with Crippen LogP contribution in [0.3, 0.4) is 0 Å². The molecule has 1 fully saturated rings. The Morgan fingerprint density at radius 1 is 1.09 bits per heavy atom. The minimum absolute atomic E-state index is 0.00602. The van der Waals surface area contributed by atoms with Gasteiger partial charge in [0.25, 0.3) is 0 Å². The normalized spacial score (nSPS) is 19.8. The van der Waals surface area contributed by atoms with E-state index in [1.165, 1.54) is 0 Å². The Morgan fingerprint density at radius 3 is 2.63 bits per heavy atom. The maximum atomic E-state index is 13.6. The van der Waals surface area contributed by atoms with Crippen molar-refractivity contribution in [2.45, 2.75) is 38.5 Å². The van der Waals surface area contributed by atoms with E-state index in [1.807, 2.05) is 50.2 Å². The van der Waals surface area contributed by atoms with Gasteiger partial charge in [-0.1, -0.05) is 24.3 Å². The number of hydrogen-bond donors (Lipinski definition) is 1. The van der Waals surface area contributed by atoms with Crippen LogP contribution in [0.4, 0.5) is 0 Å². The van der Waals surface area contributed by atoms with Gasteiger partial charge < -0.3 is 29.0 Å². The number of para-hydroxylation sites is 1. The lowest BCUT2D eigenvalue weighted by molar-refractivity contribution is -0.159. The summed E-state index contributed by atoms with van der Waals surface area (Å²) in [4.78, 5) is 34.0. The molecular formula is C27H31N3O5. The summed E-state index contributed by atoms with van der Waals surface area (Å²) in [7, 11) is 3.20. The monoisotopic (exact) mass is 477 g/mol. The van der Waals surface area contributed by atoms with Gasteiger partial charge in [0.15, 0.2) is 11.5 Å². The second-order valence-electron chi connectivity index (χ2n) is 9.32. The third kappa shape index (κ3) is 4.01. The van der Waals surface area contributed by atoms with Gasteiger partial charge in [0.05, 0.1) is 32.4 Å². The van der Waals surface area contributed by atoms with Gasteiger partial charge in [-0.05, 0) is 43.2 Å². The van der Waals surface area contributed by atoms with Gasteiger partial charge in [-0.2, -0.15) is 0 Å². The van der Waals surface area contributed by atoms with E-state index in [1.54, 1.807) is 24.0 Å². The van der Waals surface area contributed by atoms with Crippen molar-refractivity contribution in [1.82, 2.24) is 14.8 Å². The quantitative estimate of drug-likeness (QED) is 0.565. The van der Waals surface area contributed by atoms with Crippen LogP contribution in [0.15, 0.2) is 42.5 Å². The van der Waals surface area contributed by atoms with Crippen molar-refractivity contribution in [3.05, 3.63) is 59.3 Å². The molecule has 0 saturated carbocycles. The molecular weight excluding hydrogens is 446 g/mol. The molecule has 3 heterocycles. The van der Waals surface area contributed by atoms with Crippen LogP contribution in [0.5, 0.6) is 11.5 Å². The molecule has 0 aliphatic carbocycles. The first-order valence-electron chi connectivity index (χ1n) is 12.0. The molecule has 2 aromatic carbocycles. The first-order valence-corrected chi connectivity index (χ1v) is 12.0. The molecule has 8 heteroatoms. The number of rotatable bonds is 7. The number of nitrogens with one attached hydrogen (secondary N) is 1. The predicted octanol–water partition coefficient (Wildman–Crippen LogP) is 3.30. The van der Waals surface area contributed by atoms with Crippen LogP contribution in [0.1, 0.15) is 36.7 Å². The lowest BCUT2D eigenvalue weighted by atomic mass is 9.86. The molecule has 2 atom stereocenters. The first kappa shape index (κ1) is 23.2. The standard InChI is InChI=1S/C27H31N3O5/c1-16(2)35-22-10-9-17(13-23(22)34-4)26-25-19(18-7-5-6-8-20(18)28-25)14-21-27(32)29(11-12-33-3)15-24(31)30(21)26/h5-10,13,16,21,26,28H,11-12,14-15H2,1-4H3. The van der Waals surface area contributed by atoms with Gasteiger partial charge >= 0.3 is 0 Å². The number of methoxy groups -OCH3 is 2. The number of carbonyl (C=O) groups excluding carboxylic acids is 2. The molecule has 3 aromatic rings. The smallest absolute Gasteiger partial charge is 0.246 e. The molecule has 1 N–H and O–H groups in total. The number of fused-ring (bicyclic) bond motifs is 4.